The van der Waals surface area contributed by atoms with E-state index >= 15 is 0 Å². The van der Waals surface area contributed by atoms with Gasteiger partial charge in [0, 0.05) is 6.61 Å². The summed E-state index contributed by atoms with van der Waals surface area (Å²) in [5, 5.41) is 8.67. The maximum absolute atomic E-state index is 8.67. The summed E-state index contributed by atoms with van der Waals surface area (Å²) in [5.41, 5.74) is 0. The van der Waals surface area contributed by atoms with Gasteiger partial charge in [0.2, 0.25) is 0 Å². The van der Waals surface area contributed by atoms with Crippen molar-refractivity contribution in [3.05, 3.63) is 0 Å². The van der Waals surface area contributed by atoms with Crippen molar-refractivity contribution in [3.8, 4) is 0 Å². The zero-order chi connectivity index (χ0) is 14.0. The number of aliphatic hydroxyl groups is 1. The second-order valence-corrected chi connectivity index (χ2v) is 6.03. The summed E-state index contributed by atoms with van der Waals surface area (Å²) in [6.45, 7) is 2.66. The Morgan fingerprint density at radius 3 is 1.00 bits per heavy atom. The molecule has 118 valence electrons. The monoisotopic (exact) mass is 294 g/mol. The molecule has 1 nitrogen and oxygen atoms in total. The molecular weight excluding hydrogens is 255 g/mol. The molecule has 0 bridgehead atoms. The van der Waals surface area contributed by atoms with E-state index in [-0.39, 0.29) is 31.0 Å². The fraction of sp³-hybridized carbons (Fsp3) is 1.00. The van der Waals surface area contributed by atoms with Crippen LogP contribution in [-0.2, 0) is 0 Å². The van der Waals surface area contributed by atoms with Crippen molar-refractivity contribution < 1.29 is 36.1 Å². The van der Waals surface area contributed by atoms with Gasteiger partial charge < -0.3 is 6.53 Å². The maximum Gasteiger partial charge on any atom is 1.00 e. The van der Waals surface area contributed by atoms with Crippen LogP contribution in [0.15, 0.2) is 0 Å². The van der Waals surface area contributed by atoms with E-state index in [1.807, 2.05) is 0 Å². The van der Waals surface area contributed by atoms with Crippen molar-refractivity contribution in [2.75, 3.05) is 6.61 Å². The van der Waals surface area contributed by atoms with Gasteiger partial charge in [0.15, 0.2) is 0 Å². The quantitative estimate of drug-likeness (QED) is 0.342. The number of hydrogen-bond acceptors (Lipinski definition) is 1. The van der Waals surface area contributed by atoms with Gasteiger partial charge in [-0.2, -0.15) is 0 Å². The topological polar surface area (TPSA) is 20.2 Å². The summed E-state index contributed by atoms with van der Waals surface area (Å²) in [6.07, 6.45) is 22.2. The Morgan fingerprint density at radius 1 is 0.500 bits per heavy atom. The van der Waals surface area contributed by atoms with Crippen LogP contribution in [0.4, 0.5) is 0 Å². The molecule has 0 aromatic carbocycles. The van der Waals surface area contributed by atoms with Crippen LogP contribution >= 0.6 is 0 Å². The van der Waals surface area contributed by atoms with Crippen molar-refractivity contribution >= 4 is 0 Å². The third-order valence-electron chi connectivity index (χ3n) is 4.01. The molecular formula is C18H39NaO. The van der Waals surface area contributed by atoms with Gasteiger partial charge in [0.25, 0.3) is 0 Å². The van der Waals surface area contributed by atoms with E-state index in [0.717, 1.165) is 6.42 Å². The van der Waals surface area contributed by atoms with Crippen molar-refractivity contribution in [3.63, 3.8) is 0 Å². The molecule has 0 saturated heterocycles. The molecule has 0 radical (unpaired) electrons. The molecule has 0 aliphatic heterocycles. The second-order valence-electron chi connectivity index (χ2n) is 6.03. The molecule has 0 aromatic heterocycles. The Hall–Kier alpha value is 0.960. The summed E-state index contributed by atoms with van der Waals surface area (Å²) in [7, 11) is 0. The molecule has 2 heteroatoms. The van der Waals surface area contributed by atoms with Crippen molar-refractivity contribution in [2.24, 2.45) is 0 Å². The van der Waals surface area contributed by atoms with E-state index in [1.165, 1.54) is 96.3 Å². The molecule has 0 spiro atoms. The first-order valence-electron chi connectivity index (χ1n) is 9.02. The van der Waals surface area contributed by atoms with Gasteiger partial charge in [-0.15, -0.1) is 0 Å². The molecule has 0 aromatic rings. The first-order valence-corrected chi connectivity index (χ1v) is 9.02. The number of unbranched alkanes of at least 4 members (excludes halogenated alkanes) is 15. The molecule has 0 unspecified atom stereocenters. The summed E-state index contributed by atoms with van der Waals surface area (Å²) < 4.78 is 0. The maximum atomic E-state index is 8.67. The van der Waals surface area contributed by atoms with Crippen LogP contribution in [0.3, 0.4) is 0 Å². The van der Waals surface area contributed by atoms with Crippen molar-refractivity contribution in [1.82, 2.24) is 0 Å². The number of aliphatic hydroxyl groups excluding tert-OH is 1. The van der Waals surface area contributed by atoms with Crippen LogP contribution < -0.4 is 29.6 Å². The van der Waals surface area contributed by atoms with E-state index in [9.17, 15) is 0 Å². The van der Waals surface area contributed by atoms with Gasteiger partial charge in [-0.25, -0.2) is 0 Å². The minimum atomic E-state index is 0. The Kier molecular flexibility index (Phi) is 25.8. The van der Waals surface area contributed by atoms with Crippen LogP contribution in [0.25, 0.3) is 0 Å². The zero-order valence-electron chi connectivity index (χ0n) is 15.5. The fourth-order valence-corrected chi connectivity index (χ4v) is 2.66. The van der Waals surface area contributed by atoms with E-state index < -0.39 is 0 Å². The normalized spacial score (nSPS) is 10.5. The molecule has 0 amide bonds. The summed E-state index contributed by atoms with van der Waals surface area (Å²) >= 11 is 0. The molecule has 0 rings (SSSR count). The van der Waals surface area contributed by atoms with Gasteiger partial charge in [0.05, 0.1) is 0 Å². The van der Waals surface area contributed by atoms with Gasteiger partial charge in [-0.1, -0.05) is 103 Å². The summed E-state index contributed by atoms with van der Waals surface area (Å²) in [4.78, 5) is 0. The zero-order valence-corrected chi connectivity index (χ0v) is 16.5. The Morgan fingerprint density at radius 2 is 0.750 bits per heavy atom. The largest absolute Gasteiger partial charge is 1.00 e. The van der Waals surface area contributed by atoms with E-state index in [0.29, 0.717) is 6.61 Å². The van der Waals surface area contributed by atoms with Gasteiger partial charge in [0.1, 0.15) is 0 Å². The van der Waals surface area contributed by atoms with Crippen LogP contribution in [0, 0.1) is 0 Å². The van der Waals surface area contributed by atoms with Crippen molar-refractivity contribution in [1.29, 1.82) is 0 Å². The standard InChI is InChI=1S/C18H38O.Na.H/c1-2-3-4-5-6-7-8-9-10-11-12-13-14-15-16-17-18-19;;/h19H,2-18H2,1H3;;/q;+1;-1. The minimum Gasteiger partial charge on any atom is -1.00 e. The number of rotatable bonds is 16. The van der Waals surface area contributed by atoms with Crippen LogP contribution in [0.1, 0.15) is 111 Å². The average molecular weight is 294 g/mol. The molecule has 1 N–H and O–H groups in total. The Balaban J connectivity index is -0.00000162. The molecule has 0 saturated carbocycles. The Labute approximate surface area is 152 Å². The third-order valence-corrected chi connectivity index (χ3v) is 4.01. The van der Waals surface area contributed by atoms with E-state index in [1.54, 1.807) is 0 Å². The average Bonchev–Trinajstić information content (AvgIpc) is 2.43. The third kappa shape index (κ3) is 21.3. The predicted octanol–water partition coefficient (Wildman–Crippen LogP) is 3.36. The molecule has 0 fully saturated rings. The van der Waals surface area contributed by atoms with Gasteiger partial charge in [-0.05, 0) is 6.42 Å². The van der Waals surface area contributed by atoms with Gasteiger partial charge >= 0.3 is 29.6 Å². The number of hydrogen-bond donors (Lipinski definition) is 1. The van der Waals surface area contributed by atoms with Gasteiger partial charge in [-0.3, -0.25) is 0 Å². The van der Waals surface area contributed by atoms with E-state index in [2.05, 4.69) is 6.92 Å². The predicted molar refractivity (Wildman–Crippen MR) is 87.7 cm³/mol. The van der Waals surface area contributed by atoms with Crippen LogP contribution in [0.2, 0.25) is 0 Å². The first-order chi connectivity index (χ1) is 9.41. The van der Waals surface area contributed by atoms with Crippen molar-refractivity contribution in [2.45, 2.75) is 110 Å². The van der Waals surface area contributed by atoms with Crippen LogP contribution in [0.5, 0.6) is 0 Å². The molecule has 0 aliphatic rings. The molecule has 0 aliphatic carbocycles. The summed E-state index contributed by atoms with van der Waals surface area (Å²) in [5.74, 6) is 0. The SMILES string of the molecule is CCCCCCCCCCCCCCCCCCO.[H-].[Na+]. The van der Waals surface area contributed by atoms with E-state index in [4.69, 9.17) is 5.11 Å². The first kappa shape index (κ1) is 23.2. The molecule has 0 atom stereocenters. The fourth-order valence-electron chi connectivity index (χ4n) is 2.66. The summed E-state index contributed by atoms with van der Waals surface area (Å²) in [6, 6.07) is 0. The van der Waals surface area contributed by atoms with Crippen LogP contribution in [-0.4, -0.2) is 11.7 Å². The second kappa shape index (κ2) is 22.2. The Bertz CT molecular complexity index is 140. The molecule has 20 heavy (non-hydrogen) atoms. The smallest absolute Gasteiger partial charge is 1.00 e. The molecule has 0 heterocycles. The minimum absolute atomic E-state index is 0.